The summed E-state index contributed by atoms with van der Waals surface area (Å²) in [4.78, 5) is 0. The summed E-state index contributed by atoms with van der Waals surface area (Å²) in [7, 11) is 0. The highest BCUT2D eigenvalue weighted by atomic mass is 19.1. The number of ether oxygens (including phenoxy) is 1. The van der Waals surface area contributed by atoms with Crippen LogP contribution in [0.25, 0.3) is 0 Å². The predicted octanol–water partition coefficient (Wildman–Crippen LogP) is 5.09. The van der Waals surface area contributed by atoms with Crippen LogP contribution in [0.3, 0.4) is 0 Å². The van der Waals surface area contributed by atoms with Gasteiger partial charge >= 0.3 is 0 Å². The number of aliphatic hydroxyl groups is 1. The van der Waals surface area contributed by atoms with Gasteiger partial charge in [0.2, 0.25) is 0 Å². The lowest BCUT2D eigenvalue weighted by molar-refractivity contribution is 0.112. The van der Waals surface area contributed by atoms with Crippen LogP contribution in [0.1, 0.15) is 69.8 Å². The third kappa shape index (κ3) is 11.2. The highest BCUT2D eigenvalue weighted by Gasteiger charge is 1.95. The van der Waals surface area contributed by atoms with E-state index in [2.05, 4.69) is 11.8 Å². The number of hydrogen-bond acceptors (Lipinski definition) is 2. The molecular formula is C21H31FO2. The second-order valence-corrected chi connectivity index (χ2v) is 6.05. The zero-order chi connectivity index (χ0) is 17.3. The van der Waals surface area contributed by atoms with Crippen LogP contribution in [0.5, 0.6) is 0 Å². The van der Waals surface area contributed by atoms with Crippen molar-refractivity contribution in [2.45, 2.75) is 64.2 Å². The van der Waals surface area contributed by atoms with E-state index < -0.39 is 0 Å². The molecule has 0 saturated carbocycles. The summed E-state index contributed by atoms with van der Waals surface area (Å²) in [6, 6.07) is 6.67. The summed E-state index contributed by atoms with van der Waals surface area (Å²) < 4.78 is 18.7. The van der Waals surface area contributed by atoms with Gasteiger partial charge in [0.1, 0.15) is 5.82 Å². The van der Waals surface area contributed by atoms with E-state index in [0.717, 1.165) is 32.3 Å². The molecule has 0 heterocycles. The van der Waals surface area contributed by atoms with Crippen LogP contribution >= 0.6 is 0 Å². The lowest BCUT2D eigenvalue weighted by Gasteiger charge is -2.03. The summed E-state index contributed by atoms with van der Waals surface area (Å²) in [6.07, 6.45) is 11.3. The quantitative estimate of drug-likeness (QED) is 0.402. The highest BCUT2D eigenvalue weighted by Crippen LogP contribution is 2.10. The van der Waals surface area contributed by atoms with Gasteiger partial charge in [0.15, 0.2) is 0 Å². The fraction of sp³-hybridized carbons (Fsp3) is 0.619. The normalized spacial score (nSPS) is 10.4. The first kappa shape index (κ1) is 20.7. The van der Waals surface area contributed by atoms with Crippen molar-refractivity contribution >= 4 is 0 Å². The Morgan fingerprint density at radius 2 is 1.46 bits per heavy atom. The van der Waals surface area contributed by atoms with E-state index in [9.17, 15) is 4.39 Å². The Labute approximate surface area is 146 Å². The van der Waals surface area contributed by atoms with Crippen LogP contribution in [0.2, 0.25) is 0 Å². The van der Waals surface area contributed by atoms with Crippen LogP contribution in [-0.2, 0) is 4.74 Å². The predicted molar refractivity (Wildman–Crippen MR) is 97.4 cm³/mol. The van der Waals surface area contributed by atoms with Crippen LogP contribution in [-0.4, -0.2) is 24.9 Å². The Bertz CT molecular complexity index is 476. The van der Waals surface area contributed by atoms with E-state index in [-0.39, 0.29) is 12.4 Å². The van der Waals surface area contributed by atoms with E-state index in [1.165, 1.54) is 44.6 Å². The van der Waals surface area contributed by atoms with Gasteiger partial charge in [-0.05, 0) is 31.4 Å². The number of hydrogen-bond donors (Lipinski definition) is 1. The van der Waals surface area contributed by atoms with Crippen molar-refractivity contribution in [2.75, 3.05) is 19.8 Å². The molecule has 1 rings (SSSR count). The summed E-state index contributed by atoms with van der Waals surface area (Å²) in [5.41, 5.74) is 0.498. The van der Waals surface area contributed by atoms with Gasteiger partial charge in [0, 0.05) is 26.2 Å². The van der Waals surface area contributed by atoms with Crippen LogP contribution < -0.4 is 0 Å². The van der Waals surface area contributed by atoms with Crippen molar-refractivity contribution in [2.24, 2.45) is 0 Å². The van der Waals surface area contributed by atoms with Crippen molar-refractivity contribution in [3.8, 4) is 11.8 Å². The van der Waals surface area contributed by atoms with E-state index in [0.29, 0.717) is 12.2 Å². The highest BCUT2D eigenvalue weighted by molar-refractivity contribution is 5.34. The van der Waals surface area contributed by atoms with Gasteiger partial charge < -0.3 is 9.84 Å². The molecule has 1 N–H and O–H groups in total. The molecule has 3 heteroatoms. The van der Waals surface area contributed by atoms with Crippen molar-refractivity contribution in [1.29, 1.82) is 0 Å². The van der Waals surface area contributed by atoms with E-state index in [4.69, 9.17) is 9.84 Å². The summed E-state index contributed by atoms with van der Waals surface area (Å²) in [6.45, 7) is 1.71. The molecule has 0 bridgehead atoms. The molecule has 1 aromatic carbocycles. The topological polar surface area (TPSA) is 29.5 Å². The molecule has 0 amide bonds. The summed E-state index contributed by atoms with van der Waals surface area (Å²) in [5, 5.41) is 8.62. The Kier molecular flexibility index (Phi) is 13.1. The third-order valence-corrected chi connectivity index (χ3v) is 3.88. The molecule has 0 unspecified atom stereocenters. The number of benzene rings is 1. The molecule has 1 aromatic rings. The first-order valence-corrected chi connectivity index (χ1v) is 9.26. The monoisotopic (exact) mass is 334 g/mol. The number of unbranched alkanes of at least 4 members (excludes halogenated alkanes) is 8. The number of halogens is 1. The standard InChI is InChI=1S/C21H31FO2/c22-21-16-11-10-15-20(21)14-9-7-5-3-1-2-4-6-8-12-18-24-19-13-17-23/h10-11,15-16,23H,1-8,12-13,17-19H2. The molecule has 0 fully saturated rings. The molecule has 0 aliphatic heterocycles. The molecule has 2 nitrogen and oxygen atoms in total. The van der Waals surface area contributed by atoms with E-state index in [1.807, 2.05) is 6.07 Å². The van der Waals surface area contributed by atoms with Gasteiger partial charge in [-0.25, -0.2) is 4.39 Å². The largest absolute Gasteiger partial charge is 0.396 e. The second-order valence-electron chi connectivity index (χ2n) is 6.05. The smallest absolute Gasteiger partial charge is 0.138 e. The number of rotatable bonds is 13. The van der Waals surface area contributed by atoms with E-state index in [1.54, 1.807) is 12.1 Å². The van der Waals surface area contributed by atoms with Crippen molar-refractivity contribution in [3.63, 3.8) is 0 Å². The van der Waals surface area contributed by atoms with Crippen LogP contribution in [0.4, 0.5) is 4.39 Å². The summed E-state index contributed by atoms with van der Waals surface area (Å²) >= 11 is 0. The minimum Gasteiger partial charge on any atom is -0.396 e. The average molecular weight is 334 g/mol. The zero-order valence-corrected chi connectivity index (χ0v) is 14.7. The minimum atomic E-state index is -0.233. The van der Waals surface area contributed by atoms with Gasteiger partial charge in [-0.15, -0.1) is 0 Å². The molecule has 0 atom stereocenters. The van der Waals surface area contributed by atoms with Crippen molar-refractivity contribution < 1.29 is 14.2 Å². The molecule has 0 aromatic heterocycles. The lowest BCUT2D eigenvalue weighted by atomic mass is 10.1. The Morgan fingerprint density at radius 3 is 2.17 bits per heavy atom. The first-order valence-electron chi connectivity index (χ1n) is 9.26. The van der Waals surface area contributed by atoms with Gasteiger partial charge in [0.25, 0.3) is 0 Å². The third-order valence-electron chi connectivity index (χ3n) is 3.88. The fourth-order valence-corrected chi connectivity index (χ4v) is 2.47. The van der Waals surface area contributed by atoms with Gasteiger partial charge in [-0.1, -0.05) is 62.5 Å². The SMILES string of the molecule is OCCCOCCCCCCCCCCC#Cc1ccccc1F. The second kappa shape index (κ2) is 15.2. The summed E-state index contributed by atoms with van der Waals surface area (Å²) in [5.74, 6) is 5.74. The average Bonchev–Trinajstić information content (AvgIpc) is 2.60. The molecule has 0 radical (unpaired) electrons. The fourth-order valence-electron chi connectivity index (χ4n) is 2.47. The molecule has 24 heavy (non-hydrogen) atoms. The first-order chi connectivity index (χ1) is 11.8. The van der Waals surface area contributed by atoms with Gasteiger partial charge in [0.05, 0.1) is 5.56 Å². The maximum atomic E-state index is 13.3. The van der Waals surface area contributed by atoms with Crippen molar-refractivity contribution in [1.82, 2.24) is 0 Å². The minimum absolute atomic E-state index is 0.217. The number of aliphatic hydroxyl groups excluding tert-OH is 1. The molecule has 0 aliphatic rings. The van der Waals surface area contributed by atoms with E-state index >= 15 is 0 Å². The maximum Gasteiger partial charge on any atom is 0.138 e. The molecule has 0 saturated heterocycles. The Morgan fingerprint density at radius 1 is 0.833 bits per heavy atom. The Hall–Kier alpha value is -1.37. The lowest BCUT2D eigenvalue weighted by Crippen LogP contribution is -1.98. The Balaban J connectivity index is 1.85. The molecular weight excluding hydrogens is 303 g/mol. The van der Waals surface area contributed by atoms with Crippen molar-refractivity contribution in [3.05, 3.63) is 35.6 Å². The van der Waals surface area contributed by atoms with Crippen LogP contribution in [0, 0.1) is 17.7 Å². The van der Waals surface area contributed by atoms with Gasteiger partial charge in [-0.2, -0.15) is 0 Å². The van der Waals surface area contributed by atoms with Crippen LogP contribution in [0.15, 0.2) is 24.3 Å². The molecule has 0 spiro atoms. The van der Waals surface area contributed by atoms with Gasteiger partial charge in [-0.3, -0.25) is 0 Å². The zero-order valence-electron chi connectivity index (χ0n) is 14.7. The maximum absolute atomic E-state index is 13.3. The molecule has 134 valence electrons. The molecule has 0 aliphatic carbocycles.